The first-order valence-corrected chi connectivity index (χ1v) is 19.3. The van der Waals surface area contributed by atoms with Crippen LogP contribution in [0, 0.1) is 0 Å². The van der Waals surface area contributed by atoms with E-state index in [1.807, 2.05) is 0 Å². The van der Waals surface area contributed by atoms with Crippen molar-refractivity contribution < 1.29 is 0 Å². The second-order valence-corrected chi connectivity index (χ2v) is 14.4. The van der Waals surface area contributed by atoms with Gasteiger partial charge in [-0.15, -0.1) is 0 Å². The lowest BCUT2D eigenvalue weighted by Gasteiger charge is -2.16. The summed E-state index contributed by atoms with van der Waals surface area (Å²) in [5, 5.41) is 6.97. The van der Waals surface area contributed by atoms with Gasteiger partial charge in [-0.2, -0.15) is 0 Å². The molecule has 11 aromatic rings. The minimum atomic E-state index is 0.614. The molecule has 57 heavy (non-hydrogen) atoms. The second-order valence-electron chi connectivity index (χ2n) is 14.4. The van der Waals surface area contributed by atoms with Gasteiger partial charge in [0.05, 0.1) is 16.7 Å². The summed E-state index contributed by atoms with van der Waals surface area (Å²) in [6, 6.07) is 72.8. The Bertz CT molecular complexity index is 3230. The maximum Gasteiger partial charge on any atom is 0.164 e. The number of rotatable bonds is 6. The molecule has 0 spiro atoms. The first-order valence-electron chi connectivity index (χ1n) is 19.3. The topological polar surface area (TPSA) is 43.6 Å². The Kier molecular flexibility index (Phi) is 7.78. The summed E-state index contributed by atoms with van der Waals surface area (Å²) >= 11 is 0. The molecule has 2 heterocycles. The van der Waals surface area contributed by atoms with Gasteiger partial charge in [0.1, 0.15) is 0 Å². The van der Waals surface area contributed by atoms with Crippen LogP contribution < -0.4 is 0 Å². The number of aromatic nitrogens is 4. The van der Waals surface area contributed by atoms with Crippen molar-refractivity contribution in [1.29, 1.82) is 0 Å². The van der Waals surface area contributed by atoms with Gasteiger partial charge in [-0.1, -0.05) is 182 Å². The van der Waals surface area contributed by atoms with Crippen LogP contribution in [0.2, 0.25) is 0 Å². The number of fused-ring (bicyclic) bond motifs is 5. The van der Waals surface area contributed by atoms with Crippen LogP contribution in [0.1, 0.15) is 0 Å². The molecule has 0 fully saturated rings. The molecule has 0 saturated carbocycles. The van der Waals surface area contributed by atoms with Crippen molar-refractivity contribution in [2.45, 2.75) is 0 Å². The number of nitrogens with zero attached hydrogens (tertiary/aromatic N) is 4. The third-order valence-corrected chi connectivity index (χ3v) is 11.1. The van der Waals surface area contributed by atoms with E-state index in [4.69, 9.17) is 15.0 Å². The first-order chi connectivity index (χ1) is 28.3. The number of hydrogen-bond donors (Lipinski definition) is 0. The molecule has 2 aromatic heterocycles. The highest BCUT2D eigenvalue weighted by atomic mass is 15.0. The smallest absolute Gasteiger partial charge is 0.164 e. The molecule has 11 rings (SSSR count). The molecule has 0 radical (unpaired) electrons. The van der Waals surface area contributed by atoms with Gasteiger partial charge in [0.2, 0.25) is 0 Å². The normalized spacial score (nSPS) is 11.5. The van der Waals surface area contributed by atoms with Crippen LogP contribution in [0.25, 0.3) is 105 Å². The molecule has 0 unspecified atom stereocenters. The SMILES string of the molecule is c1ccc(-c2ccc(-c3nc(-c4ccc5c(-c6ccccc6)cccc5c4)nc(-c4cccc5ccccc45)n3)cc2-n2c3ccccc3c3ccccc32)cc1. The third-order valence-electron chi connectivity index (χ3n) is 11.1. The van der Waals surface area contributed by atoms with Crippen LogP contribution in [0.4, 0.5) is 0 Å². The molecular weight excluding hydrogens is 693 g/mol. The largest absolute Gasteiger partial charge is 0.309 e. The summed E-state index contributed by atoms with van der Waals surface area (Å²) in [6.45, 7) is 0. The molecule has 0 bridgehead atoms. The minimum absolute atomic E-state index is 0.614. The third kappa shape index (κ3) is 5.66. The van der Waals surface area contributed by atoms with Crippen LogP contribution >= 0.6 is 0 Å². The Balaban J connectivity index is 1.16. The van der Waals surface area contributed by atoms with Gasteiger partial charge in [0.15, 0.2) is 17.5 Å². The minimum Gasteiger partial charge on any atom is -0.309 e. The Hall–Kier alpha value is -7.69. The van der Waals surface area contributed by atoms with E-state index in [9.17, 15) is 0 Å². The maximum absolute atomic E-state index is 5.28. The molecule has 4 nitrogen and oxygen atoms in total. The summed E-state index contributed by atoms with van der Waals surface area (Å²) in [5.74, 6) is 1.87. The van der Waals surface area contributed by atoms with Gasteiger partial charge in [-0.3, -0.25) is 0 Å². The van der Waals surface area contributed by atoms with Crippen molar-refractivity contribution in [3.8, 4) is 62.1 Å². The predicted octanol–water partition coefficient (Wildman–Crippen LogP) is 13.6. The van der Waals surface area contributed by atoms with Crippen molar-refractivity contribution in [2.24, 2.45) is 0 Å². The van der Waals surface area contributed by atoms with Gasteiger partial charge in [-0.05, 0) is 62.5 Å². The van der Waals surface area contributed by atoms with Gasteiger partial charge in [0, 0.05) is 33.0 Å². The van der Waals surface area contributed by atoms with Gasteiger partial charge in [0.25, 0.3) is 0 Å². The van der Waals surface area contributed by atoms with E-state index in [1.54, 1.807) is 0 Å². The second kappa shape index (κ2) is 13.6. The fourth-order valence-electron chi connectivity index (χ4n) is 8.37. The fourth-order valence-corrected chi connectivity index (χ4v) is 8.37. The highest BCUT2D eigenvalue weighted by molar-refractivity contribution is 6.10. The Morgan fingerprint density at radius 2 is 0.772 bits per heavy atom. The van der Waals surface area contributed by atoms with Crippen molar-refractivity contribution in [2.75, 3.05) is 0 Å². The van der Waals surface area contributed by atoms with Crippen LogP contribution in [0.15, 0.2) is 206 Å². The summed E-state index contributed by atoms with van der Waals surface area (Å²) in [6.07, 6.45) is 0. The molecular formula is C53H34N4. The zero-order valence-electron chi connectivity index (χ0n) is 30.9. The number of benzene rings is 9. The Morgan fingerprint density at radius 1 is 0.281 bits per heavy atom. The van der Waals surface area contributed by atoms with E-state index in [-0.39, 0.29) is 0 Å². The molecule has 0 N–H and O–H groups in total. The molecule has 266 valence electrons. The van der Waals surface area contributed by atoms with Crippen LogP contribution in [-0.2, 0) is 0 Å². The van der Waals surface area contributed by atoms with E-state index < -0.39 is 0 Å². The lowest BCUT2D eigenvalue weighted by atomic mass is 9.97. The lowest BCUT2D eigenvalue weighted by Crippen LogP contribution is -2.02. The summed E-state index contributed by atoms with van der Waals surface area (Å²) < 4.78 is 2.39. The number of hydrogen-bond acceptors (Lipinski definition) is 3. The van der Waals surface area contributed by atoms with Crippen molar-refractivity contribution in [3.05, 3.63) is 206 Å². The van der Waals surface area contributed by atoms with Gasteiger partial charge in [-0.25, -0.2) is 15.0 Å². The first kappa shape index (κ1) is 32.7. The standard InChI is InChI=1S/C53H34N4/c1-3-15-35(16-4-1)41-25-14-21-38-33-39(29-31-43(38)41)51-54-52(56-53(55-51)47-26-13-20-36-19-7-8-22-42(36)47)40-30-32-44(37-17-5-2-6-18-37)50(34-40)57-48-27-11-9-23-45(48)46-24-10-12-28-49(46)57/h1-34H. The highest BCUT2D eigenvalue weighted by Crippen LogP contribution is 2.39. The molecule has 0 aliphatic rings. The zero-order chi connectivity index (χ0) is 37.7. The number of para-hydroxylation sites is 2. The molecule has 0 aliphatic heterocycles. The average molecular weight is 727 g/mol. The maximum atomic E-state index is 5.28. The lowest BCUT2D eigenvalue weighted by molar-refractivity contribution is 1.07. The van der Waals surface area contributed by atoms with Crippen LogP contribution in [0.3, 0.4) is 0 Å². The molecule has 0 saturated heterocycles. The van der Waals surface area contributed by atoms with Gasteiger partial charge >= 0.3 is 0 Å². The molecule has 0 aliphatic carbocycles. The van der Waals surface area contributed by atoms with E-state index in [2.05, 4.69) is 211 Å². The molecule has 9 aromatic carbocycles. The monoisotopic (exact) mass is 726 g/mol. The zero-order valence-corrected chi connectivity index (χ0v) is 30.9. The predicted molar refractivity (Wildman–Crippen MR) is 236 cm³/mol. The van der Waals surface area contributed by atoms with Crippen molar-refractivity contribution in [3.63, 3.8) is 0 Å². The summed E-state index contributed by atoms with van der Waals surface area (Å²) in [4.78, 5) is 15.8. The fraction of sp³-hybridized carbons (Fsp3) is 0. The Labute approximate surface area is 330 Å². The van der Waals surface area contributed by atoms with Gasteiger partial charge < -0.3 is 4.57 Å². The van der Waals surface area contributed by atoms with Crippen LogP contribution in [0.5, 0.6) is 0 Å². The molecule has 0 atom stereocenters. The highest BCUT2D eigenvalue weighted by Gasteiger charge is 2.20. The van der Waals surface area contributed by atoms with E-state index >= 15 is 0 Å². The van der Waals surface area contributed by atoms with E-state index in [1.165, 1.54) is 27.3 Å². The molecule has 4 heteroatoms. The summed E-state index contributed by atoms with van der Waals surface area (Å²) in [5.41, 5.74) is 10.8. The Morgan fingerprint density at radius 3 is 1.47 bits per heavy atom. The van der Waals surface area contributed by atoms with Crippen molar-refractivity contribution in [1.82, 2.24) is 19.5 Å². The summed E-state index contributed by atoms with van der Waals surface area (Å²) in [7, 11) is 0. The molecule has 0 amide bonds. The van der Waals surface area contributed by atoms with E-state index in [0.29, 0.717) is 17.5 Å². The quantitative estimate of drug-likeness (QED) is 0.171. The van der Waals surface area contributed by atoms with E-state index in [0.717, 1.165) is 60.7 Å². The average Bonchev–Trinajstić information content (AvgIpc) is 3.63. The van der Waals surface area contributed by atoms with Crippen molar-refractivity contribution >= 4 is 43.4 Å². The van der Waals surface area contributed by atoms with Crippen LogP contribution in [-0.4, -0.2) is 19.5 Å².